The Balaban J connectivity index is 1.36. The highest BCUT2D eigenvalue weighted by atomic mass is 35.5. The van der Waals surface area contributed by atoms with Crippen LogP contribution in [0.3, 0.4) is 0 Å². The molecule has 1 saturated heterocycles. The Labute approximate surface area is 220 Å². The summed E-state index contributed by atoms with van der Waals surface area (Å²) in [6.07, 6.45) is 7.80. The molecule has 2 aromatic rings. The Kier molecular flexibility index (Phi) is 9.06. The second-order valence-corrected chi connectivity index (χ2v) is 11.3. The van der Waals surface area contributed by atoms with Gasteiger partial charge in [-0.05, 0) is 70.6 Å². The van der Waals surface area contributed by atoms with Crippen LogP contribution in [0.1, 0.15) is 52.4 Å². The fraction of sp³-hybridized carbons (Fsp3) is 0.630. The summed E-state index contributed by atoms with van der Waals surface area (Å²) in [5, 5.41) is 11.4. The highest BCUT2D eigenvalue weighted by molar-refractivity contribution is 6.33. The Morgan fingerprint density at radius 1 is 1.14 bits per heavy atom. The van der Waals surface area contributed by atoms with Gasteiger partial charge in [0.05, 0.1) is 17.3 Å². The van der Waals surface area contributed by atoms with Gasteiger partial charge in [0.25, 0.3) is 0 Å². The molecule has 4 rings (SSSR count). The van der Waals surface area contributed by atoms with Crippen molar-refractivity contribution < 1.29 is 9.47 Å². The molecule has 1 saturated carbocycles. The van der Waals surface area contributed by atoms with Gasteiger partial charge in [-0.3, -0.25) is 0 Å². The average molecular weight is 517 g/mol. The number of hydrogen-bond acceptors (Lipinski definition) is 8. The molecule has 0 radical (unpaired) electrons. The second kappa shape index (κ2) is 12.0. The van der Waals surface area contributed by atoms with Gasteiger partial charge in [-0.15, -0.1) is 0 Å². The standard InChI is InChI=1S/C27H41ClN6O2/c1-26(2,18-35-3)34-20-9-7-19(8-10-20)32-25-15-21(22(28)16-30-25)23-5-4-6-24(33-23)31-17-27(29)11-13-36-14-12-27/h4-6,15-16,19-20,34H,7-14,17-18,29H2,1-3H3,(H,30,32)(H,31,33)/t19-,20-. The van der Waals surface area contributed by atoms with Crippen molar-refractivity contribution in [2.75, 3.05) is 44.1 Å². The highest BCUT2D eigenvalue weighted by Crippen LogP contribution is 2.30. The van der Waals surface area contributed by atoms with Crippen molar-refractivity contribution in [1.29, 1.82) is 0 Å². The van der Waals surface area contributed by atoms with Crippen LogP contribution in [0.2, 0.25) is 5.02 Å². The fourth-order valence-corrected chi connectivity index (χ4v) is 5.36. The van der Waals surface area contributed by atoms with Crippen LogP contribution in [0, 0.1) is 0 Å². The van der Waals surface area contributed by atoms with E-state index in [1.54, 1.807) is 13.3 Å². The number of hydrogen-bond donors (Lipinski definition) is 4. The maximum absolute atomic E-state index is 6.55. The molecule has 198 valence electrons. The molecule has 2 aromatic heterocycles. The maximum atomic E-state index is 6.55. The highest BCUT2D eigenvalue weighted by Gasteiger charge is 2.28. The molecule has 9 heteroatoms. The lowest BCUT2D eigenvalue weighted by molar-refractivity contribution is 0.0574. The minimum atomic E-state index is -0.268. The van der Waals surface area contributed by atoms with Gasteiger partial charge in [0.1, 0.15) is 11.6 Å². The molecule has 2 fully saturated rings. The first kappa shape index (κ1) is 27.1. The van der Waals surface area contributed by atoms with E-state index in [1.807, 2.05) is 24.3 Å². The summed E-state index contributed by atoms with van der Waals surface area (Å²) in [6, 6.07) is 8.82. The number of ether oxygens (including phenoxy) is 2. The van der Waals surface area contributed by atoms with E-state index in [0.717, 1.165) is 61.4 Å². The molecule has 36 heavy (non-hydrogen) atoms. The molecule has 0 spiro atoms. The summed E-state index contributed by atoms with van der Waals surface area (Å²) < 4.78 is 10.8. The zero-order chi connectivity index (χ0) is 25.6. The van der Waals surface area contributed by atoms with Gasteiger partial charge >= 0.3 is 0 Å². The third-order valence-corrected chi connectivity index (χ3v) is 7.47. The largest absolute Gasteiger partial charge is 0.383 e. The molecule has 0 bridgehead atoms. The van der Waals surface area contributed by atoms with Crippen LogP contribution in [0.4, 0.5) is 11.6 Å². The first-order chi connectivity index (χ1) is 17.3. The van der Waals surface area contributed by atoms with Gasteiger partial charge in [0.2, 0.25) is 0 Å². The summed E-state index contributed by atoms with van der Waals surface area (Å²) in [6.45, 7) is 7.16. The zero-order valence-electron chi connectivity index (χ0n) is 21.8. The van der Waals surface area contributed by atoms with E-state index in [-0.39, 0.29) is 11.1 Å². The minimum absolute atomic E-state index is 0.0156. The molecule has 0 amide bonds. The van der Waals surface area contributed by atoms with Crippen molar-refractivity contribution in [3.8, 4) is 11.3 Å². The van der Waals surface area contributed by atoms with E-state index in [2.05, 4.69) is 34.8 Å². The lowest BCUT2D eigenvalue weighted by atomic mass is 9.89. The van der Waals surface area contributed by atoms with E-state index in [0.29, 0.717) is 43.5 Å². The number of pyridine rings is 2. The van der Waals surface area contributed by atoms with Crippen molar-refractivity contribution in [3.63, 3.8) is 0 Å². The van der Waals surface area contributed by atoms with Crippen LogP contribution in [-0.4, -0.2) is 66.6 Å². The van der Waals surface area contributed by atoms with E-state index in [4.69, 9.17) is 31.8 Å². The van der Waals surface area contributed by atoms with Gasteiger partial charge in [0, 0.05) is 61.8 Å². The van der Waals surface area contributed by atoms with Crippen molar-refractivity contribution in [3.05, 3.63) is 35.5 Å². The van der Waals surface area contributed by atoms with Crippen LogP contribution in [-0.2, 0) is 9.47 Å². The van der Waals surface area contributed by atoms with Gasteiger partial charge in [-0.2, -0.15) is 0 Å². The molecule has 8 nitrogen and oxygen atoms in total. The molecule has 5 N–H and O–H groups in total. The van der Waals surface area contributed by atoms with Crippen molar-refractivity contribution in [2.45, 2.75) is 75.5 Å². The smallest absolute Gasteiger partial charge is 0.126 e. The Hall–Kier alpha value is -1.97. The summed E-state index contributed by atoms with van der Waals surface area (Å²) in [5.74, 6) is 1.61. The molecule has 0 aromatic carbocycles. The normalized spacial score (nSPS) is 22.2. The first-order valence-electron chi connectivity index (χ1n) is 13.0. The number of anilines is 2. The minimum Gasteiger partial charge on any atom is -0.383 e. The van der Waals surface area contributed by atoms with Gasteiger partial charge in [0.15, 0.2) is 0 Å². The molecular formula is C27H41ClN6O2. The number of halogens is 1. The molecule has 0 atom stereocenters. The fourth-order valence-electron chi connectivity index (χ4n) is 5.16. The van der Waals surface area contributed by atoms with E-state index < -0.39 is 0 Å². The van der Waals surface area contributed by atoms with Crippen molar-refractivity contribution in [1.82, 2.24) is 15.3 Å². The van der Waals surface area contributed by atoms with E-state index in [9.17, 15) is 0 Å². The molecule has 3 heterocycles. The number of nitrogens with one attached hydrogen (secondary N) is 3. The third kappa shape index (κ3) is 7.52. The number of nitrogens with two attached hydrogens (primary N) is 1. The quantitative estimate of drug-likeness (QED) is 0.367. The van der Waals surface area contributed by atoms with Gasteiger partial charge in [-0.25, -0.2) is 9.97 Å². The van der Waals surface area contributed by atoms with Gasteiger partial charge < -0.3 is 31.2 Å². The van der Waals surface area contributed by atoms with Crippen LogP contribution < -0.4 is 21.7 Å². The number of methoxy groups -OCH3 is 1. The summed E-state index contributed by atoms with van der Waals surface area (Å²) in [4.78, 5) is 9.35. The van der Waals surface area contributed by atoms with Crippen LogP contribution in [0.15, 0.2) is 30.5 Å². The zero-order valence-corrected chi connectivity index (χ0v) is 22.5. The second-order valence-electron chi connectivity index (χ2n) is 10.9. The predicted molar refractivity (Wildman–Crippen MR) is 147 cm³/mol. The molecular weight excluding hydrogens is 476 g/mol. The molecule has 2 aliphatic rings. The van der Waals surface area contributed by atoms with Gasteiger partial charge in [-0.1, -0.05) is 17.7 Å². The first-order valence-corrected chi connectivity index (χ1v) is 13.4. The maximum Gasteiger partial charge on any atom is 0.126 e. The summed E-state index contributed by atoms with van der Waals surface area (Å²) in [5.41, 5.74) is 7.91. The summed E-state index contributed by atoms with van der Waals surface area (Å²) in [7, 11) is 1.75. The van der Waals surface area contributed by atoms with Crippen LogP contribution in [0.25, 0.3) is 11.3 Å². The van der Waals surface area contributed by atoms with Crippen LogP contribution >= 0.6 is 11.6 Å². The Bertz CT molecular complexity index is 990. The van der Waals surface area contributed by atoms with Crippen LogP contribution in [0.5, 0.6) is 0 Å². The Morgan fingerprint density at radius 3 is 2.58 bits per heavy atom. The topological polar surface area (TPSA) is 106 Å². The number of nitrogens with zero attached hydrogens (tertiary/aromatic N) is 2. The number of rotatable bonds is 10. The SMILES string of the molecule is COCC(C)(C)N[C@H]1CC[C@H](Nc2cc(-c3cccc(NCC4(N)CCOCC4)n3)c(Cl)cn2)CC1. The Morgan fingerprint density at radius 2 is 1.86 bits per heavy atom. The number of aromatic nitrogens is 2. The predicted octanol–water partition coefficient (Wildman–Crippen LogP) is 4.45. The molecule has 1 aliphatic heterocycles. The lowest BCUT2D eigenvalue weighted by Gasteiger charge is -2.36. The van der Waals surface area contributed by atoms with Crippen molar-refractivity contribution >= 4 is 23.2 Å². The van der Waals surface area contributed by atoms with Crippen molar-refractivity contribution in [2.24, 2.45) is 5.73 Å². The third-order valence-electron chi connectivity index (χ3n) is 7.17. The average Bonchev–Trinajstić information content (AvgIpc) is 2.86. The molecule has 0 unspecified atom stereocenters. The van der Waals surface area contributed by atoms with E-state index >= 15 is 0 Å². The van der Waals surface area contributed by atoms with E-state index in [1.165, 1.54) is 0 Å². The lowest BCUT2D eigenvalue weighted by Crippen LogP contribution is -2.50. The molecule has 1 aliphatic carbocycles. The monoisotopic (exact) mass is 516 g/mol. The summed E-state index contributed by atoms with van der Waals surface area (Å²) >= 11 is 6.55.